The van der Waals surface area contributed by atoms with Crippen LogP contribution in [0.2, 0.25) is 0 Å². The van der Waals surface area contributed by atoms with Gasteiger partial charge < -0.3 is 4.98 Å². The number of aromatic amines is 1. The fourth-order valence-electron chi connectivity index (χ4n) is 1.53. The normalized spacial score (nSPS) is 11.6. The number of pyridine rings is 1. The zero-order valence-electron chi connectivity index (χ0n) is 8.88. The van der Waals surface area contributed by atoms with Crippen LogP contribution >= 0.6 is 12.2 Å². The van der Waals surface area contributed by atoms with E-state index < -0.39 is 17.6 Å². The van der Waals surface area contributed by atoms with Gasteiger partial charge in [-0.3, -0.25) is 0 Å². The van der Waals surface area contributed by atoms with Crippen LogP contribution in [-0.4, -0.2) is 4.98 Å². The molecule has 0 saturated heterocycles. The number of rotatable bonds is 1. The first-order valence-electron chi connectivity index (χ1n) is 4.94. The number of halogens is 4. The van der Waals surface area contributed by atoms with Gasteiger partial charge in [0.05, 0.1) is 5.56 Å². The molecule has 0 bridgehead atoms. The molecule has 0 atom stereocenters. The smallest absolute Gasteiger partial charge is 0.352 e. The van der Waals surface area contributed by atoms with Crippen molar-refractivity contribution in [3.63, 3.8) is 0 Å². The molecule has 0 unspecified atom stereocenters. The molecule has 6 heteroatoms. The first-order chi connectivity index (χ1) is 8.38. The minimum atomic E-state index is -4.53. The molecule has 94 valence electrons. The monoisotopic (exact) mass is 273 g/mol. The van der Waals surface area contributed by atoms with Gasteiger partial charge in [-0.05, 0) is 29.3 Å². The van der Waals surface area contributed by atoms with E-state index >= 15 is 0 Å². The molecule has 0 fully saturated rings. The standard InChI is InChI=1S/C12H7F4NS/c13-9-3-1-2-7(4-9)8-5-10(12(14,15)16)11(18)17-6-8/h1-6H,(H,17,18). The Morgan fingerprint density at radius 1 is 1.06 bits per heavy atom. The van der Waals surface area contributed by atoms with Crippen LogP contribution in [0.1, 0.15) is 5.56 Å². The van der Waals surface area contributed by atoms with Crippen molar-refractivity contribution in [1.29, 1.82) is 0 Å². The second kappa shape index (κ2) is 4.53. The lowest BCUT2D eigenvalue weighted by Gasteiger charge is -2.09. The van der Waals surface area contributed by atoms with Crippen molar-refractivity contribution in [2.24, 2.45) is 0 Å². The molecule has 1 N–H and O–H groups in total. The predicted octanol–water partition coefficient (Wildman–Crippen LogP) is 4.57. The van der Waals surface area contributed by atoms with E-state index in [0.717, 1.165) is 12.1 Å². The molecule has 0 aliphatic carbocycles. The molecule has 1 nitrogen and oxygen atoms in total. The number of nitrogens with one attached hydrogen (secondary N) is 1. The van der Waals surface area contributed by atoms with E-state index in [1.807, 2.05) is 0 Å². The van der Waals surface area contributed by atoms with Gasteiger partial charge >= 0.3 is 6.18 Å². The third-order valence-electron chi connectivity index (χ3n) is 2.37. The van der Waals surface area contributed by atoms with E-state index in [1.165, 1.54) is 24.4 Å². The van der Waals surface area contributed by atoms with Gasteiger partial charge in [0.1, 0.15) is 10.5 Å². The van der Waals surface area contributed by atoms with Gasteiger partial charge in [-0.15, -0.1) is 0 Å². The fraction of sp³-hybridized carbons (Fsp3) is 0.0833. The average Bonchev–Trinajstić information content (AvgIpc) is 2.28. The lowest BCUT2D eigenvalue weighted by Crippen LogP contribution is -2.07. The highest BCUT2D eigenvalue weighted by molar-refractivity contribution is 7.71. The van der Waals surface area contributed by atoms with Gasteiger partial charge in [0.2, 0.25) is 0 Å². The Hall–Kier alpha value is -1.69. The van der Waals surface area contributed by atoms with Crippen LogP contribution in [0.15, 0.2) is 36.5 Å². The van der Waals surface area contributed by atoms with Crippen LogP contribution in [0, 0.1) is 10.5 Å². The molecular formula is C12H7F4NS. The number of H-pyrrole nitrogens is 1. The van der Waals surface area contributed by atoms with Crippen LogP contribution in [-0.2, 0) is 6.18 Å². The summed E-state index contributed by atoms with van der Waals surface area (Å²) in [5, 5.41) is 0. The molecule has 1 aromatic heterocycles. The Balaban J connectivity index is 2.58. The first kappa shape index (κ1) is 12.8. The number of benzene rings is 1. The largest absolute Gasteiger partial charge is 0.419 e. The number of hydrogen-bond donors (Lipinski definition) is 1. The third kappa shape index (κ3) is 2.59. The molecule has 2 aromatic rings. The first-order valence-corrected chi connectivity index (χ1v) is 5.34. The highest BCUT2D eigenvalue weighted by Gasteiger charge is 2.32. The molecule has 0 aliphatic heterocycles. The summed E-state index contributed by atoms with van der Waals surface area (Å²) in [4.78, 5) is 2.37. The van der Waals surface area contributed by atoms with Gasteiger partial charge in [0, 0.05) is 6.20 Å². The van der Waals surface area contributed by atoms with E-state index in [0.29, 0.717) is 5.56 Å². The van der Waals surface area contributed by atoms with Crippen LogP contribution in [0.25, 0.3) is 11.1 Å². The SMILES string of the molecule is Fc1cccc(-c2c[nH]c(=S)c(C(F)(F)F)c2)c1. The van der Waals surface area contributed by atoms with Crippen molar-refractivity contribution < 1.29 is 17.6 Å². The van der Waals surface area contributed by atoms with Crippen molar-refractivity contribution in [1.82, 2.24) is 4.98 Å². The van der Waals surface area contributed by atoms with E-state index in [9.17, 15) is 17.6 Å². The zero-order valence-corrected chi connectivity index (χ0v) is 9.70. The minimum Gasteiger partial charge on any atom is -0.352 e. The van der Waals surface area contributed by atoms with Crippen LogP contribution in [0.3, 0.4) is 0 Å². The van der Waals surface area contributed by atoms with Gasteiger partial charge in [-0.2, -0.15) is 13.2 Å². The van der Waals surface area contributed by atoms with E-state index in [-0.39, 0.29) is 10.2 Å². The molecule has 0 spiro atoms. The van der Waals surface area contributed by atoms with Gasteiger partial charge in [0.15, 0.2) is 0 Å². The number of alkyl halides is 3. The molecule has 0 saturated carbocycles. The third-order valence-corrected chi connectivity index (χ3v) is 2.70. The highest BCUT2D eigenvalue weighted by atomic mass is 32.1. The van der Waals surface area contributed by atoms with Gasteiger partial charge in [-0.25, -0.2) is 4.39 Å². The Kier molecular flexibility index (Phi) is 3.21. The summed E-state index contributed by atoms with van der Waals surface area (Å²) in [5.41, 5.74) is -0.346. The van der Waals surface area contributed by atoms with E-state index in [4.69, 9.17) is 0 Å². The van der Waals surface area contributed by atoms with Crippen molar-refractivity contribution in [2.45, 2.75) is 6.18 Å². The van der Waals surface area contributed by atoms with Crippen molar-refractivity contribution >= 4 is 12.2 Å². The summed E-state index contributed by atoms with van der Waals surface area (Å²) in [5.74, 6) is -0.511. The molecule has 1 aromatic carbocycles. The molecule has 0 radical (unpaired) electrons. The Morgan fingerprint density at radius 3 is 2.39 bits per heavy atom. The Labute approximate surface area is 105 Å². The zero-order chi connectivity index (χ0) is 13.3. The van der Waals surface area contributed by atoms with Crippen LogP contribution < -0.4 is 0 Å². The van der Waals surface area contributed by atoms with E-state index in [1.54, 1.807) is 0 Å². The fourth-order valence-corrected chi connectivity index (χ4v) is 1.76. The summed E-state index contributed by atoms with van der Waals surface area (Å²) in [6.07, 6.45) is -3.21. The maximum atomic E-state index is 13.0. The molecule has 18 heavy (non-hydrogen) atoms. The Morgan fingerprint density at radius 2 is 1.78 bits per heavy atom. The predicted molar refractivity (Wildman–Crippen MR) is 62.0 cm³/mol. The van der Waals surface area contributed by atoms with Crippen molar-refractivity contribution in [3.8, 4) is 11.1 Å². The van der Waals surface area contributed by atoms with Gasteiger partial charge in [-0.1, -0.05) is 24.4 Å². The van der Waals surface area contributed by atoms with Crippen molar-refractivity contribution in [3.05, 3.63) is 52.5 Å². The van der Waals surface area contributed by atoms with Crippen molar-refractivity contribution in [2.75, 3.05) is 0 Å². The molecular weight excluding hydrogens is 266 g/mol. The maximum Gasteiger partial charge on any atom is 0.419 e. The second-order valence-electron chi connectivity index (χ2n) is 3.64. The maximum absolute atomic E-state index is 13.0. The van der Waals surface area contributed by atoms with E-state index in [2.05, 4.69) is 17.2 Å². The summed E-state index contributed by atoms with van der Waals surface area (Å²) in [6.45, 7) is 0. The summed E-state index contributed by atoms with van der Waals surface area (Å²) in [6, 6.07) is 6.24. The minimum absolute atomic E-state index is 0.232. The lowest BCUT2D eigenvalue weighted by molar-refractivity contribution is -0.138. The number of hydrogen-bond acceptors (Lipinski definition) is 1. The molecule has 1 heterocycles. The lowest BCUT2D eigenvalue weighted by atomic mass is 10.1. The number of aromatic nitrogens is 1. The quantitative estimate of drug-likeness (QED) is 0.594. The summed E-state index contributed by atoms with van der Waals surface area (Å²) < 4.78 is 50.6. The van der Waals surface area contributed by atoms with Crippen LogP contribution in [0.4, 0.5) is 17.6 Å². The summed E-state index contributed by atoms with van der Waals surface area (Å²) >= 11 is 4.59. The molecule has 2 rings (SSSR count). The second-order valence-corrected chi connectivity index (χ2v) is 4.05. The highest BCUT2D eigenvalue weighted by Crippen LogP contribution is 2.32. The molecule has 0 aliphatic rings. The topological polar surface area (TPSA) is 15.8 Å². The van der Waals surface area contributed by atoms with Gasteiger partial charge in [0.25, 0.3) is 0 Å². The Bertz CT molecular complexity index is 630. The summed E-state index contributed by atoms with van der Waals surface area (Å²) in [7, 11) is 0. The average molecular weight is 273 g/mol. The molecule has 0 amide bonds. The van der Waals surface area contributed by atoms with Crippen LogP contribution in [0.5, 0.6) is 0 Å².